The van der Waals surface area contributed by atoms with E-state index in [1.54, 1.807) is 0 Å². The molecule has 0 aromatic rings. The van der Waals surface area contributed by atoms with Crippen molar-refractivity contribution in [1.82, 2.24) is 10.6 Å². The van der Waals surface area contributed by atoms with E-state index in [1.807, 2.05) is 18.7 Å². The van der Waals surface area contributed by atoms with Crippen LogP contribution in [0.3, 0.4) is 0 Å². The summed E-state index contributed by atoms with van der Waals surface area (Å²) in [5.41, 5.74) is 0. The quantitative estimate of drug-likeness (QED) is 0.694. The predicted octanol–water partition coefficient (Wildman–Crippen LogP) is 1.38. The average molecular weight is 230 g/mol. The van der Waals surface area contributed by atoms with E-state index in [0.29, 0.717) is 12.1 Å². The third-order valence-electron chi connectivity index (χ3n) is 2.66. The number of nitrogens with one attached hydrogen (secondary N) is 2. The van der Waals surface area contributed by atoms with Crippen molar-refractivity contribution in [3.8, 4) is 0 Å². The Morgan fingerprint density at radius 1 is 1.53 bits per heavy atom. The SMILES string of the molecule is CCC(CSC)NC(C)C(=O)NC1CC1. The Kier molecular flexibility index (Phi) is 5.47. The van der Waals surface area contributed by atoms with E-state index >= 15 is 0 Å². The van der Waals surface area contributed by atoms with Gasteiger partial charge in [-0.3, -0.25) is 4.79 Å². The van der Waals surface area contributed by atoms with Crippen LogP contribution in [0.15, 0.2) is 0 Å². The first-order valence-corrected chi connectivity index (χ1v) is 7.12. The summed E-state index contributed by atoms with van der Waals surface area (Å²) in [6, 6.07) is 0.838. The Morgan fingerprint density at radius 2 is 2.20 bits per heavy atom. The molecule has 0 bridgehead atoms. The number of carbonyl (C=O) groups excluding carboxylic acids is 1. The maximum Gasteiger partial charge on any atom is 0.237 e. The van der Waals surface area contributed by atoms with Crippen molar-refractivity contribution < 1.29 is 4.79 Å². The molecule has 2 atom stereocenters. The maximum atomic E-state index is 11.7. The Morgan fingerprint density at radius 3 is 2.67 bits per heavy atom. The van der Waals surface area contributed by atoms with E-state index in [2.05, 4.69) is 23.8 Å². The predicted molar refractivity (Wildman–Crippen MR) is 66.2 cm³/mol. The molecule has 1 amide bonds. The van der Waals surface area contributed by atoms with Crippen LogP contribution in [-0.4, -0.2) is 36.0 Å². The zero-order valence-corrected chi connectivity index (χ0v) is 10.7. The second-order valence-corrected chi connectivity index (χ2v) is 5.14. The number of amides is 1. The summed E-state index contributed by atoms with van der Waals surface area (Å²) in [4.78, 5) is 11.7. The summed E-state index contributed by atoms with van der Waals surface area (Å²) in [6.07, 6.45) is 5.47. The lowest BCUT2D eigenvalue weighted by Gasteiger charge is -2.21. The van der Waals surface area contributed by atoms with Crippen LogP contribution in [-0.2, 0) is 4.79 Å². The molecule has 4 heteroatoms. The fourth-order valence-corrected chi connectivity index (χ4v) is 2.20. The van der Waals surface area contributed by atoms with Crippen molar-refractivity contribution in [2.45, 2.75) is 51.2 Å². The molecule has 3 nitrogen and oxygen atoms in total. The van der Waals surface area contributed by atoms with Crippen molar-refractivity contribution in [3.05, 3.63) is 0 Å². The lowest BCUT2D eigenvalue weighted by molar-refractivity contribution is -0.123. The minimum absolute atomic E-state index is 0.0669. The van der Waals surface area contributed by atoms with E-state index < -0.39 is 0 Å². The van der Waals surface area contributed by atoms with Gasteiger partial charge in [-0.25, -0.2) is 0 Å². The van der Waals surface area contributed by atoms with Gasteiger partial charge in [0.1, 0.15) is 0 Å². The lowest BCUT2D eigenvalue weighted by Crippen LogP contribution is -2.47. The summed E-state index contributed by atoms with van der Waals surface area (Å²) in [5.74, 6) is 1.22. The largest absolute Gasteiger partial charge is 0.352 e. The summed E-state index contributed by atoms with van der Waals surface area (Å²) in [7, 11) is 0. The molecule has 0 saturated heterocycles. The third-order valence-corrected chi connectivity index (χ3v) is 3.40. The second-order valence-electron chi connectivity index (χ2n) is 4.23. The third kappa shape index (κ3) is 4.89. The Balaban J connectivity index is 2.24. The van der Waals surface area contributed by atoms with Gasteiger partial charge < -0.3 is 10.6 Å². The van der Waals surface area contributed by atoms with Crippen LogP contribution >= 0.6 is 11.8 Å². The molecular weight excluding hydrogens is 208 g/mol. The first-order valence-electron chi connectivity index (χ1n) is 5.72. The minimum atomic E-state index is -0.0669. The smallest absolute Gasteiger partial charge is 0.237 e. The van der Waals surface area contributed by atoms with E-state index in [4.69, 9.17) is 0 Å². The topological polar surface area (TPSA) is 41.1 Å². The molecule has 0 aromatic carbocycles. The van der Waals surface area contributed by atoms with Crippen LogP contribution in [0.1, 0.15) is 33.1 Å². The summed E-state index contributed by atoms with van der Waals surface area (Å²) < 4.78 is 0. The zero-order valence-electron chi connectivity index (χ0n) is 9.88. The Hall–Kier alpha value is -0.220. The number of carbonyl (C=O) groups is 1. The molecule has 0 radical (unpaired) electrons. The van der Waals surface area contributed by atoms with Crippen molar-refractivity contribution in [2.75, 3.05) is 12.0 Å². The average Bonchev–Trinajstić information content (AvgIpc) is 3.00. The van der Waals surface area contributed by atoms with Crippen LogP contribution in [0.5, 0.6) is 0 Å². The van der Waals surface area contributed by atoms with Gasteiger partial charge in [0.25, 0.3) is 0 Å². The number of hydrogen-bond donors (Lipinski definition) is 2. The summed E-state index contributed by atoms with van der Waals surface area (Å²) >= 11 is 1.82. The van der Waals surface area contributed by atoms with Crippen LogP contribution in [0, 0.1) is 0 Å². The number of hydrogen-bond acceptors (Lipinski definition) is 3. The highest BCUT2D eigenvalue weighted by Crippen LogP contribution is 2.18. The fraction of sp³-hybridized carbons (Fsp3) is 0.909. The van der Waals surface area contributed by atoms with Gasteiger partial charge in [0.05, 0.1) is 6.04 Å². The number of thioether (sulfide) groups is 1. The minimum Gasteiger partial charge on any atom is -0.352 e. The number of rotatable bonds is 7. The molecule has 0 aliphatic heterocycles. The molecule has 0 aromatic heterocycles. The van der Waals surface area contributed by atoms with Crippen molar-refractivity contribution in [1.29, 1.82) is 0 Å². The molecule has 2 N–H and O–H groups in total. The van der Waals surface area contributed by atoms with Gasteiger partial charge in [0, 0.05) is 17.8 Å². The molecule has 15 heavy (non-hydrogen) atoms. The summed E-state index contributed by atoms with van der Waals surface area (Å²) in [6.45, 7) is 4.10. The molecule has 2 unspecified atom stereocenters. The monoisotopic (exact) mass is 230 g/mol. The molecule has 1 rings (SSSR count). The van der Waals surface area contributed by atoms with Crippen LogP contribution in [0.2, 0.25) is 0 Å². The van der Waals surface area contributed by atoms with E-state index in [-0.39, 0.29) is 11.9 Å². The van der Waals surface area contributed by atoms with Crippen LogP contribution < -0.4 is 10.6 Å². The first kappa shape index (κ1) is 12.8. The molecule has 1 saturated carbocycles. The lowest BCUT2D eigenvalue weighted by atomic mass is 10.2. The molecule has 1 aliphatic rings. The highest BCUT2D eigenvalue weighted by atomic mass is 32.2. The Labute approximate surface area is 96.8 Å². The standard InChI is InChI=1S/C11H22N2OS/c1-4-9(7-15-3)12-8(2)11(14)13-10-5-6-10/h8-10,12H,4-7H2,1-3H3,(H,13,14). The van der Waals surface area contributed by atoms with Gasteiger partial charge in [-0.1, -0.05) is 6.92 Å². The maximum absolute atomic E-state index is 11.7. The van der Waals surface area contributed by atoms with Crippen LogP contribution in [0.4, 0.5) is 0 Å². The van der Waals surface area contributed by atoms with Gasteiger partial charge in [0.15, 0.2) is 0 Å². The first-order chi connectivity index (χ1) is 7.17. The molecule has 88 valence electrons. The normalized spacial score (nSPS) is 19.7. The van der Waals surface area contributed by atoms with E-state index in [9.17, 15) is 4.79 Å². The fourth-order valence-electron chi connectivity index (χ4n) is 1.47. The highest BCUT2D eigenvalue weighted by Gasteiger charge is 2.26. The van der Waals surface area contributed by atoms with Gasteiger partial charge >= 0.3 is 0 Å². The van der Waals surface area contributed by atoms with Gasteiger partial charge in [-0.05, 0) is 32.4 Å². The molecule has 1 fully saturated rings. The molecule has 0 heterocycles. The Bertz CT molecular complexity index is 207. The van der Waals surface area contributed by atoms with Gasteiger partial charge in [-0.2, -0.15) is 11.8 Å². The van der Waals surface area contributed by atoms with Crippen molar-refractivity contribution in [3.63, 3.8) is 0 Å². The van der Waals surface area contributed by atoms with E-state index in [1.165, 1.54) is 0 Å². The summed E-state index contributed by atoms with van der Waals surface area (Å²) in [5, 5.41) is 6.38. The zero-order chi connectivity index (χ0) is 11.3. The van der Waals surface area contributed by atoms with Crippen molar-refractivity contribution in [2.24, 2.45) is 0 Å². The molecule has 1 aliphatic carbocycles. The van der Waals surface area contributed by atoms with Crippen molar-refractivity contribution >= 4 is 17.7 Å². The molecule has 0 spiro atoms. The van der Waals surface area contributed by atoms with Gasteiger partial charge in [0.2, 0.25) is 5.91 Å². The van der Waals surface area contributed by atoms with E-state index in [0.717, 1.165) is 25.0 Å². The van der Waals surface area contributed by atoms with Gasteiger partial charge in [-0.15, -0.1) is 0 Å². The second kappa shape index (κ2) is 6.38. The highest BCUT2D eigenvalue weighted by molar-refractivity contribution is 7.98. The molecular formula is C11H22N2OS. The van der Waals surface area contributed by atoms with Crippen LogP contribution in [0.25, 0.3) is 0 Å².